The number of halogens is 1. The van der Waals surface area contributed by atoms with Crippen LogP contribution in [0.3, 0.4) is 0 Å². The summed E-state index contributed by atoms with van der Waals surface area (Å²) in [6.07, 6.45) is 1.66. The van der Waals surface area contributed by atoms with Crippen molar-refractivity contribution in [2.24, 2.45) is 4.99 Å². The maximum absolute atomic E-state index is 12.2. The van der Waals surface area contributed by atoms with E-state index in [0.29, 0.717) is 27.9 Å². The highest BCUT2D eigenvalue weighted by atomic mass is 35.5. The molecular weight excluding hydrogens is 416 g/mol. The fourth-order valence-corrected chi connectivity index (χ4v) is 3.48. The average molecular weight is 432 g/mol. The van der Waals surface area contributed by atoms with Crippen LogP contribution >= 0.6 is 23.4 Å². The number of ether oxygens (including phenoxy) is 2. The van der Waals surface area contributed by atoms with E-state index in [4.69, 9.17) is 21.1 Å². The van der Waals surface area contributed by atoms with E-state index in [0.717, 1.165) is 5.75 Å². The van der Waals surface area contributed by atoms with Crippen LogP contribution in [-0.2, 0) is 9.59 Å². The summed E-state index contributed by atoms with van der Waals surface area (Å²) in [5, 5.41) is 13.9. The standard InChI is InChI=1S/C20H17ClN2O5S/c1-2-27-14-6-4-13(5-7-14)22-20-23-19(26)17(29-20)10-12-3-8-16(15(21)9-12)28-11-18(24)25/h3-10H,2,11H2,1H3,(H,24,25)(H,22,23,26)/p-1/b17-10-. The second kappa shape index (κ2) is 9.49. The van der Waals surface area contributed by atoms with Crippen molar-refractivity contribution in [2.75, 3.05) is 13.2 Å². The number of nitrogens with zero attached hydrogens (tertiary/aromatic N) is 1. The summed E-state index contributed by atoms with van der Waals surface area (Å²) < 4.78 is 10.4. The third-order valence-corrected chi connectivity index (χ3v) is 4.83. The Morgan fingerprint density at radius 3 is 2.66 bits per heavy atom. The lowest BCUT2D eigenvalue weighted by atomic mass is 10.2. The number of thioether (sulfide) groups is 1. The van der Waals surface area contributed by atoms with Crippen LogP contribution in [0.15, 0.2) is 52.4 Å². The van der Waals surface area contributed by atoms with Gasteiger partial charge >= 0.3 is 0 Å². The molecule has 2 aromatic carbocycles. The summed E-state index contributed by atoms with van der Waals surface area (Å²) in [4.78, 5) is 27.6. The number of carbonyl (C=O) groups excluding carboxylic acids is 2. The van der Waals surface area contributed by atoms with Gasteiger partial charge < -0.3 is 24.7 Å². The minimum Gasteiger partial charge on any atom is -0.546 e. The average Bonchev–Trinajstić information content (AvgIpc) is 3.01. The molecule has 0 spiro atoms. The summed E-state index contributed by atoms with van der Waals surface area (Å²) in [5.41, 5.74) is 1.35. The molecule has 0 saturated carbocycles. The molecule has 1 N–H and O–H groups in total. The summed E-state index contributed by atoms with van der Waals surface area (Å²) in [5.74, 6) is -0.637. The van der Waals surface area contributed by atoms with E-state index in [1.165, 1.54) is 17.8 Å². The first-order valence-electron chi connectivity index (χ1n) is 8.59. The van der Waals surface area contributed by atoms with Crippen molar-refractivity contribution < 1.29 is 24.2 Å². The van der Waals surface area contributed by atoms with Crippen molar-refractivity contribution in [3.63, 3.8) is 0 Å². The minimum absolute atomic E-state index is 0.222. The predicted molar refractivity (Wildman–Crippen MR) is 110 cm³/mol. The molecule has 1 amide bonds. The molecular formula is C20H16ClN2O5S-. The highest BCUT2D eigenvalue weighted by Gasteiger charge is 2.23. The zero-order valence-electron chi connectivity index (χ0n) is 15.3. The van der Waals surface area contributed by atoms with Crippen molar-refractivity contribution in [2.45, 2.75) is 6.92 Å². The lowest BCUT2D eigenvalue weighted by molar-refractivity contribution is -0.307. The molecule has 1 aliphatic heterocycles. The first-order valence-corrected chi connectivity index (χ1v) is 9.78. The van der Waals surface area contributed by atoms with Gasteiger partial charge in [0.25, 0.3) is 5.91 Å². The highest BCUT2D eigenvalue weighted by Crippen LogP contribution is 2.31. The number of benzene rings is 2. The summed E-state index contributed by atoms with van der Waals surface area (Å²) in [6, 6.07) is 12.0. The quantitative estimate of drug-likeness (QED) is 0.676. The molecule has 3 rings (SSSR count). The number of aliphatic imine (C=N–C) groups is 1. The molecule has 0 unspecified atom stereocenters. The zero-order chi connectivity index (χ0) is 20.8. The van der Waals surface area contributed by atoms with Crippen LogP contribution in [0.25, 0.3) is 6.08 Å². The molecule has 2 aromatic rings. The van der Waals surface area contributed by atoms with Gasteiger partial charge in [-0.1, -0.05) is 17.7 Å². The summed E-state index contributed by atoms with van der Waals surface area (Å²) in [6.45, 7) is 1.90. The molecule has 0 atom stereocenters. The molecule has 7 nitrogen and oxygen atoms in total. The largest absolute Gasteiger partial charge is 0.546 e. The molecule has 0 bridgehead atoms. The second-order valence-electron chi connectivity index (χ2n) is 5.76. The Balaban J connectivity index is 1.71. The van der Waals surface area contributed by atoms with E-state index in [1.54, 1.807) is 30.3 Å². The van der Waals surface area contributed by atoms with Crippen LogP contribution in [0.1, 0.15) is 12.5 Å². The molecule has 0 aliphatic carbocycles. The zero-order valence-corrected chi connectivity index (χ0v) is 16.9. The van der Waals surface area contributed by atoms with Crippen molar-refractivity contribution in [3.8, 4) is 11.5 Å². The molecule has 150 valence electrons. The molecule has 29 heavy (non-hydrogen) atoms. The second-order valence-corrected chi connectivity index (χ2v) is 7.20. The lowest BCUT2D eigenvalue weighted by Crippen LogP contribution is -2.28. The van der Waals surface area contributed by atoms with Crippen molar-refractivity contribution in [3.05, 3.63) is 58.0 Å². The number of carboxylic acids is 1. The molecule has 0 aromatic heterocycles. The molecule has 1 aliphatic rings. The third kappa shape index (κ3) is 5.75. The molecule has 1 saturated heterocycles. The number of carbonyl (C=O) groups is 2. The molecule has 9 heteroatoms. The van der Waals surface area contributed by atoms with Gasteiger partial charge in [0.05, 0.1) is 28.2 Å². The minimum atomic E-state index is -1.34. The topological polar surface area (TPSA) is 100 Å². The summed E-state index contributed by atoms with van der Waals surface area (Å²) >= 11 is 7.30. The van der Waals surface area contributed by atoms with Gasteiger partial charge in [-0.2, -0.15) is 0 Å². The van der Waals surface area contributed by atoms with E-state index in [9.17, 15) is 14.7 Å². The van der Waals surface area contributed by atoms with Gasteiger partial charge in [-0.15, -0.1) is 0 Å². The summed E-state index contributed by atoms with van der Waals surface area (Å²) in [7, 11) is 0. The van der Waals surface area contributed by atoms with Crippen molar-refractivity contribution in [1.82, 2.24) is 5.32 Å². The van der Waals surface area contributed by atoms with Crippen molar-refractivity contribution >= 4 is 52.2 Å². The maximum atomic E-state index is 12.2. The Morgan fingerprint density at radius 1 is 1.24 bits per heavy atom. The Bertz CT molecular complexity index is 989. The van der Waals surface area contributed by atoms with E-state index in [1.807, 2.05) is 19.1 Å². The van der Waals surface area contributed by atoms with Crippen LogP contribution in [0.5, 0.6) is 11.5 Å². The van der Waals surface area contributed by atoms with Crippen LogP contribution in [0, 0.1) is 0 Å². The number of hydrogen-bond donors (Lipinski definition) is 1. The normalized spacial score (nSPS) is 16.1. The number of carboxylic acid groups (broad SMARTS) is 1. The van der Waals surface area contributed by atoms with Gasteiger partial charge in [-0.05, 0) is 66.7 Å². The monoisotopic (exact) mass is 431 g/mol. The van der Waals surface area contributed by atoms with Gasteiger partial charge in [0, 0.05) is 0 Å². The third-order valence-electron chi connectivity index (χ3n) is 3.63. The number of amidine groups is 1. The Kier molecular flexibility index (Phi) is 6.79. The molecule has 1 heterocycles. The van der Waals surface area contributed by atoms with Crippen LogP contribution in [0.4, 0.5) is 5.69 Å². The van der Waals surface area contributed by atoms with Crippen LogP contribution in [0.2, 0.25) is 5.02 Å². The predicted octanol–water partition coefficient (Wildman–Crippen LogP) is 2.76. The highest BCUT2D eigenvalue weighted by molar-refractivity contribution is 8.18. The Hall–Kier alpha value is -2.97. The van der Waals surface area contributed by atoms with Crippen molar-refractivity contribution in [1.29, 1.82) is 0 Å². The lowest BCUT2D eigenvalue weighted by Gasteiger charge is -2.08. The number of nitrogens with one attached hydrogen (secondary N) is 1. The van der Waals surface area contributed by atoms with Gasteiger partial charge in [-0.3, -0.25) is 4.79 Å². The maximum Gasteiger partial charge on any atom is 0.264 e. The molecule has 1 fully saturated rings. The number of rotatable bonds is 7. The van der Waals surface area contributed by atoms with E-state index >= 15 is 0 Å². The van der Waals surface area contributed by atoms with Gasteiger partial charge in [0.15, 0.2) is 5.17 Å². The smallest absolute Gasteiger partial charge is 0.264 e. The Labute approximate surface area is 176 Å². The Morgan fingerprint density at radius 2 is 2.00 bits per heavy atom. The fourth-order valence-electron chi connectivity index (χ4n) is 2.39. The van der Waals surface area contributed by atoms with E-state index in [2.05, 4.69) is 10.3 Å². The van der Waals surface area contributed by atoms with E-state index in [-0.39, 0.29) is 16.7 Å². The molecule has 0 radical (unpaired) electrons. The van der Waals surface area contributed by atoms with Crippen LogP contribution < -0.4 is 19.9 Å². The van der Waals surface area contributed by atoms with Gasteiger partial charge in [-0.25, -0.2) is 4.99 Å². The van der Waals surface area contributed by atoms with Crippen LogP contribution in [-0.4, -0.2) is 30.3 Å². The number of amides is 1. The first kappa shape index (κ1) is 20.8. The van der Waals surface area contributed by atoms with Gasteiger partial charge in [0.1, 0.15) is 18.1 Å². The van der Waals surface area contributed by atoms with Gasteiger partial charge in [0.2, 0.25) is 0 Å². The number of hydrogen-bond acceptors (Lipinski definition) is 7. The SMILES string of the molecule is CCOc1ccc(N=C2NC(=O)/C(=C/c3ccc(OCC(=O)[O-])c(Cl)c3)S2)cc1. The fraction of sp³-hybridized carbons (Fsp3) is 0.150. The number of aliphatic carboxylic acids is 1. The first-order chi connectivity index (χ1) is 13.9. The van der Waals surface area contributed by atoms with E-state index < -0.39 is 12.6 Å².